The average molecular weight is 221 g/mol. The van der Waals surface area contributed by atoms with E-state index in [4.69, 9.17) is 10.8 Å². The molecule has 1 rings (SSSR count). The smallest absolute Gasteiger partial charge is 0.307 e. The second-order valence-corrected chi connectivity index (χ2v) is 4.51. The fraction of sp³-hybridized carbons (Fsp3) is 0.462. The van der Waals surface area contributed by atoms with E-state index in [0.29, 0.717) is 5.92 Å². The monoisotopic (exact) mass is 221 g/mol. The van der Waals surface area contributed by atoms with E-state index in [0.717, 1.165) is 17.5 Å². The molecule has 0 aliphatic carbocycles. The summed E-state index contributed by atoms with van der Waals surface area (Å²) in [6.45, 7) is 4.22. The maximum atomic E-state index is 10.7. The maximum absolute atomic E-state index is 10.7. The number of aliphatic carboxylic acids is 1. The molecule has 0 aliphatic rings. The van der Waals surface area contributed by atoms with E-state index in [1.54, 1.807) is 0 Å². The van der Waals surface area contributed by atoms with Crippen molar-refractivity contribution in [3.63, 3.8) is 0 Å². The highest BCUT2D eigenvalue weighted by atomic mass is 16.4. The van der Waals surface area contributed by atoms with E-state index in [9.17, 15) is 4.79 Å². The fourth-order valence-electron chi connectivity index (χ4n) is 1.85. The summed E-state index contributed by atoms with van der Waals surface area (Å²) in [4.78, 5) is 10.7. The molecule has 3 heteroatoms. The molecule has 1 atom stereocenters. The Morgan fingerprint density at radius 2 is 2.00 bits per heavy atom. The highest BCUT2D eigenvalue weighted by Gasteiger charge is 2.13. The van der Waals surface area contributed by atoms with Crippen molar-refractivity contribution in [1.29, 1.82) is 0 Å². The summed E-state index contributed by atoms with van der Waals surface area (Å²) in [6, 6.07) is 7.44. The topological polar surface area (TPSA) is 63.3 Å². The Morgan fingerprint density at radius 3 is 2.56 bits per heavy atom. The van der Waals surface area contributed by atoms with Crippen molar-refractivity contribution in [1.82, 2.24) is 0 Å². The van der Waals surface area contributed by atoms with Gasteiger partial charge < -0.3 is 10.8 Å². The van der Waals surface area contributed by atoms with Crippen LogP contribution in [0.1, 0.15) is 37.4 Å². The molecule has 0 fully saturated rings. The Kier molecular flexibility index (Phi) is 4.50. The summed E-state index contributed by atoms with van der Waals surface area (Å²) in [6.07, 6.45) is 0.915. The molecule has 1 aromatic carbocycles. The Bertz CT molecular complexity index is 361. The number of carboxylic acids is 1. The standard InChI is InChI=1S/C13H19NO2/c1-9(2)7-12(14)11-6-4-3-5-10(11)8-13(15)16/h3-6,9,12H,7-8,14H2,1-2H3,(H,15,16). The molecule has 3 N–H and O–H groups in total. The summed E-state index contributed by atoms with van der Waals surface area (Å²) < 4.78 is 0. The van der Waals surface area contributed by atoms with Gasteiger partial charge in [0.05, 0.1) is 6.42 Å². The van der Waals surface area contributed by atoms with Gasteiger partial charge in [-0.2, -0.15) is 0 Å². The zero-order valence-electron chi connectivity index (χ0n) is 9.81. The molecule has 16 heavy (non-hydrogen) atoms. The summed E-state index contributed by atoms with van der Waals surface area (Å²) >= 11 is 0. The van der Waals surface area contributed by atoms with Crippen molar-refractivity contribution in [2.45, 2.75) is 32.7 Å². The van der Waals surface area contributed by atoms with Crippen LogP contribution in [-0.2, 0) is 11.2 Å². The van der Waals surface area contributed by atoms with E-state index >= 15 is 0 Å². The van der Waals surface area contributed by atoms with Crippen LogP contribution in [0, 0.1) is 5.92 Å². The van der Waals surface area contributed by atoms with Gasteiger partial charge in [0.1, 0.15) is 0 Å². The van der Waals surface area contributed by atoms with Crippen LogP contribution in [0.15, 0.2) is 24.3 Å². The highest BCUT2D eigenvalue weighted by molar-refractivity contribution is 5.70. The summed E-state index contributed by atoms with van der Waals surface area (Å²) in [5, 5.41) is 8.81. The van der Waals surface area contributed by atoms with Crippen LogP contribution in [-0.4, -0.2) is 11.1 Å². The molecule has 0 aromatic heterocycles. The Labute approximate surface area is 96.3 Å². The van der Waals surface area contributed by atoms with Gasteiger partial charge in [-0.25, -0.2) is 0 Å². The van der Waals surface area contributed by atoms with Crippen molar-refractivity contribution in [3.05, 3.63) is 35.4 Å². The van der Waals surface area contributed by atoms with Gasteiger partial charge in [0.25, 0.3) is 0 Å². The molecule has 0 aliphatic heterocycles. The van der Waals surface area contributed by atoms with Gasteiger partial charge in [-0.3, -0.25) is 4.79 Å². The Morgan fingerprint density at radius 1 is 1.38 bits per heavy atom. The first-order valence-electron chi connectivity index (χ1n) is 5.56. The predicted octanol–water partition coefficient (Wildman–Crippen LogP) is 2.36. The van der Waals surface area contributed by atoms with Crippen molar-refractivity contribution < 1.29 is 9.90 Å². The third-order valence-corrected chi connectivity index (χ3v) is 2.52. The molecular formula is C13H19NO2. The number of carboxylic acid groups (broad SMARTS) is 1. The largest absolute Gasteiger partial charge is 0.481 e. The van der Waals surface area contributed by atoms with Crippen LogP contribution in [0.3, 0.4) is 0 Å². The van der Waals surface area contributed by atoms with Gasteiger partial charge in [0.2, 0.25) is 0 Å². The van der Waals surface area contributed by atoms with E-state index in [-0.39, 0.29) is 12.5 Å². The predicted molar refractivity (Wildman–Crippen MR) is 64.2 cm³/mol. The van der Waals surface area contributed by atoms with Crippen molar-refractivity contribution in [2.75, 3.05) is 0 Å². The lowest BCUT2D eigenvalue weighted by atomic mass is 9.93. The van der Waals surface area contributed by atoms with Gasteiger partial charge in [-0.15, -0.1) is 0 Å². The number of rotatable bonds is 5. The lowest BCUT2D eigenvalue weighted by Crippen LogP contribution is -2.16. The Hall–Kier alpha value is -1.35. The second-order valence-electron chi connectivity index (χ2n) is 4.51. The summed E-state index contributed by atoms with van der Waals surface area (Å²) in [7, 11) is 0. The normalized spacial score (nSPS) is 12.8. The SMILES string of the molecule is CC(C)CC(N)c1ccccc1CC(=O)O. The van der Waals surface area contributed by atoms with E-state index in [1.807, 2.05) is 24.3 Å². The zero-order chi connectivity index (χ0) is 12.1. The summed E-state index contributed by atoms with van der Waals surface area (Å²) in [5.74, 6) is -0.308. The zero-order valence-corrected chi connectivity index (χ0v) is 9.81. The number of carbonyl (C=O) groups is 1. The molecule has 0 amide bonds. The average Bonchev–Trinajstić information content (AvgIpc) is 2.16. The molecular weight excluding hydrogens is 202 g/mol. The van der Waals surface area contributed by atoms with Gasteiger partial charge >= 0.3 is 5.97 Å². The lowest BCUT2D eigenvalue weighted by molar-refractivity contribution is -0.136. The minimum Gasteiger partial charge on any atom is -0.481 e. The molecule has 1 aromatic rings. The van der Waals surface area contributed by atoms with Crippen LogP contribution in [0.25, 0.3) is 0 Å². The van der Waals surface area contributed by atoms with Crippen LogP contribution in [0.4, 0.5) is 0 Å². The minimum atomic E-state index is -0.816. The maximum Gasteiger partial charge on any atom is 0.307 e. The second kappa shape index (κ2) is 5.66. The lowest BCUT2D eigenvalue weighted by Gasteiger charge is -2.17. The molecule has 0 bridgehead atoms. The first-order chi connectivity index (χ1) is 7.50. The number of nitrogens with two attached hydrogens (primary N) is 1. The molecule has 0 saturated carbocycles. The van der Waals surface area contributed by atoms with Crippen LogP contribution in [0.5, 0.6) is 0 Å². The molecule has 0 heterocycles. The molecule has 3 nitrogen and oxygen atoms in total. The molecule has 1 unspecified atom stereocenters. The van der Waals surface area contributed by atoms with E-state index < -0.39 is 5.97 Å². The van der Waals surface area contributed by atoms with Crippen molar-refractivity contribution in [2.24, 2.45) is 11.7 Å². The summed E-state index contributed by atoms with van der Waals surface area (Å²) in [5.41, 5.74) is 7.86. The third-order valence-electron chi connectivity index (χ3n) is 2.52. The van der Waals surface area contributed by atoms with Crippen LogP contribution < -0.4 is 5.73 Å². The molecule has 0 spiro atoms. The number of hydrogen-bond donors (Lipinski definition) is 2. The van der Waals surface area contributed by atoms with Gasteiger partial charge in [-0.05, 0) is 23.5 Å². The van der Waals surface area contributed by atoms with Crippen LogP contribution in [0.2, 0.25) is 0 Å². The van der Waals surface area contributed by atoms with E-state index in [2.05, 4.69) is 13.8 Å². The van der Waals surface area contributed by atoms with Crippen molar-refractivity contribution >= 4 is 5.97 Å². The molecule has 88 valence electrons. The van der Waals surface area contributed by atoms with Gasteiger partial charge in [0, 0.05) is 6.04 Å². The first kappa shape index (κ1) is 12.7. The Balaban J connectivity index is 2.89. The van der Waals surface area contributed by atoms with Crippen LogP contribution >= 0.6 is 0 Å². The number of hydrogen-bond acceptors (Lipinski definition) is 2. The van der Waals surface area contributed by atoms with Gasteiger partial charge in [0.15, 0.2) is 0 Å². The first-order valence-corrected chi connectivity index (χ1v) is 5.56. The molecule has 0 radical (unpaired) electrons. The minimum absolute atomic E-state index is 0.0436. The third kappa shape index (κ3) is 3.66. The quantitative estimate of drug-likeness (QED) is 0.802. The fourth-order valence-corrected chi connectivity index (χ4v) is 1.85. The molecule has 0 saturated heterocycles. The van der Waals surface area contributed by atoms with Crippen molar-refractivity contribution in [3.8, 4) is 0 Å². The van der Waals surface area contributed by atoms with E-state index in [1.165, 1.54) is 0 Å². The highest BCUT2D eigenvalue weighted by Crippen LogP contribution is 2.22. The number of benzene rings is 1. The van der Waals surface area contributed by atoms with Gasteiger partial charge in [-0.1, -0.05) is 38.1 Å².